The number of carbonyl (C=O) groups excluding carboxylic acids is 1. The van der Waals surface area contributed by atoms with E-state index in [1.807, 2.05) is 4.90 Å². The summed E-state index contributed by atoms with van der Waals surface area (Å²) in [7, 11) is 0. The van der Waals surface area contributed by atoms with Gasteiger partial charge in [0.2, 0.25) is 5.91 Å². The molecular weight excluding hydrogens is 218 g/mol. The van der Waals surface area contributed by atoms with Gasteiger partial charge in [0.15, 0.2) is 0 Å². The summed E-state index contributed by atoms with van der Waals surface area (Å²) < 4.78 is 0. The van der Waals surface area contributed by atoms with Crippen LogP contribution >= 0.6 is 0 Å². The molecule has 0 bridgehead atoms. The highest BCUT2D eigenvalue weighted by molar-refractivity contribution is 5.84. The second-order valence-electron chi connectivity index (χ2n) is 5.12. The Morgan fingerprint density at radius 1 is 1.35 bits per heavy atom. The van der Waals surface area contributed by atoms with Crippen LogP contribution in [0.15, 0.2) is 0 Å². The Morgan fingerprint density at radius 2 is 2.00 bits per heavy atom. The maximum Gasteiger partial charge on any atom is 0.307 e. The van der Waals surface area contributed by atoms with Gasteiger partial charge in [-0.2, -0.15) is 0 Å². The number of aliphatic carboxylic acids is 1. The predicted octanol–water partition coefficient (Wildman–Crippen LogP) is 1.99. The van der Waals surface area contributed by atoms with E-state index < -0.39 is 17.8 Å². The van der Waals surface area contributed by atoms with Crippen LogP contribution in [-0.2, 0) is 9.59 Å². The zero-order valence-corrected chi connectivity index (χ0v) is 11.0. The van der Waals surface area contributed by atoms with Crippen LogP contribution in [0, 0.1) is 17.8 Å². The van der Waals surface area contributed by atoms with E-state index in [9.17, 15) is 9.59 Å². The Morgan fingerprint density at radius 3 is 2.53 bits per heavy atom. The van der Waals surface area contributed by atoms with Gasteiger partial charge in [-0.3, -0.25) is 9.59 Å². The summed E-state index contributed by atoms with van der Waals surface area (Å²) in [6, 6.07) is 0. The van der Waals surface area contributed by atoms with Gasteiger partial charge in [-0.1, -0.05) is 27.2 Å². The van der Waals surface area contributed by atoms with Gasteiger partial charge in [-0.15, -0.1) is 0 Å². The second-order valence-corrected chi connectivity index (χ2v) is 5.12. The quantitative estimate of drug-likeness (QED) is 0.819. The first-order valence-corrected chi connectivity index (χ1v) is 6.49. The highest BCUT2D eigenvalue weighted by Crippen LogP contribution is 2.22. The van der Waals surface area contributed by atoms with Crippen molar-refractivity contribution >= 4 is 11.9 Å². The summed E-state index contributed by atoms with van der Waals surface area (Å²) in [4.78, 5) is 24.9. The molecule has 0 aromatic rings. The molecule has 98 valence electrons. The maximum absolute atomic E-state index is 12.2. The zero-order chi connectivity index (χ0) is 13.0. The summed E-state index contributed by atoms with van der Waals surface area (Å²) in [5, 5.41) is 8.93. The Hall–Kier alpha value is -1.06. The van der Waals surface area contributed by atoms with Gasteiger partial charge in [0, 0.05) is 19.0 Å². The molecule has 1 aliphatic rings. The van der Waals surface area contributed by atoms with Crippen molar-refractivity contribution in [3.8, 4) is 0 Å². The highest BCUT2D eigenvalue weighted by Gasteiger charge is 2.31. The van der Waals surface area contributed by atoms with Crippen LogP contribution < -0.4 is 0 Å². The normalized spacial score (nSPS) is 24.2. The number of carboxylic acids is 1. The topological polar surface area (TPSA) is 57.6 Å². The molecule has 0 aromatic carbocycles. The van der Waals surface area contributed by atoms with Gasteiger partial charge in [0.1, 0.15) is 0 Å². The summed E-state index contributed by atoms with van der Waals surface area (Å²) in [6.45, 7) is 7.04. The molecule has 3 atom stereocenters. The van der Waals surface area contributed by atoms with Crippen LogP contribution in [0.4, 0.5) is 0 Å². The van der Waals surface area contributed by atoms with E-state index in [2.05, 4.69) is 6.92 Å². The van der Waals surface area contributed by atoms with Gasteiger partial charge in [-0.25, -0.2) is 0 Å². The molecule has 3 unspecified atom stereocenters. The molecule has 1 saturated heterocycles. The van der Waals surface area contributed by atoms with Crippen LogP contribution in [0.25, 0.3) is 0 Å². The Kier molecular flexibility index (Phi) is 4.97. The number of nitrogens with zero attached hydrogens (tertiary/aromatic N) is 1. The minimum Gasteiger partial charge on any atom is -0.481 e. The van der Waals surface area contributed by atoms with Gasteiger partial charge in [0.25, 0.3) is 0 Å². The van der Waals surface area contributed by atoms with Crippen LogP contribution in [0.5, 0.6) is 0 Å². The molecule has 4 nitrogen and oxygen atoms in total. The fourth-order valence-corrected chi connectivity index (χ4v) is 2.31. The van der Waals surface area contributed by atoms with Crippen molar-refractivity contribution in [3.05, 3.63) is 0 Å². The van der Waals surface area contributed by atoms with Crippen molar-refractivity contribution in [2.45, 2.75) is 40.0 Å². The third-order valence-electron chi connectivity index (χ3n) is 3.94. The average molecular weight is 241 g/mol. The van der Waals surface area contributed by atoms with Gasteiger partial charge in [0.05, 0.1) is 5.92 Å². The van der Waals surface area contributed by atoms with Crippen molar-refractivity contribution in [1.29, 1.82) is 0 Å². The molecule has 0 aromatic heterocycles. The van der Waals surface area contributed by atoms with Crippen LogP contribution in [0.2, 0.25) is 0 Å². The Labute approximate surface area is 103 Å². The summed E-state index contributed by atoms with van der Waals surface area (Å²) in [6.07, 6.45) is 3.31. The molecule has 0 saturated carbocycles. The molecule has 1 amide bonds. The first-order chi connectivity index (χ1) is 7.97. The SMILES string of the molecule is CCC1CCCN(C(=O)C(C)C(C)C(=O)O)C1. The number of likely N-dealkylation sites (tertiary alicyclic amines) is 1. The molecule has 1 rings (SSSR count). The molecule has 1 aliphatic heterocycles. The van der Waals surface area contributed by atoms with E-state index in [0.29, 0.717) is 5.92 Å². The molecular formula is C13H23NO3. The monoisotopic (exact) mass is 241 g/mol. The van der Waals surface area contributed by atoms with Gasteiger partial charge >= 0.3 is 5.97 Å². The summed E-state index contributed by atoms with van der Waals surface area (Å²) in [5.41, 5.74) is 0. The second kappa shape index (κ2) is 6.03. The van der Waals surface area contributed by atoms with E-state index in [4.69, 9.17) is 5.11 Å². The average Bonchev–Trinajstić information content (AvgIpc) is 2.36. The van der Waals surface area contributed by atoms with Crippen LogP contribution in [-0.4, -0.2) is 35.0 Å². The Balaban J connectivity index is 2.59. The number of hydrogen-bond acceptors (Lipinski definition) is 2. The van der Waals surface area contributed by atoms with Gasteiger partial charge in [-0.05, 0) is 18.8 Å². The lowest BCUT2D eigenvalue weighted by molar-refractivity contribution is -0.149. The minimum atomic E-state index is -0.894. The summed E-state index contributed by atoms with van der Waals surface area (Å²) in [5.74, 6) is -1.35. The van der Waals surface area contributed by atoms with E-state index in [-0.39, 0.29) is 5.91 Å². The largest absolute Gasteiger partial charge is 0.481 e. The lowest BCUT2D eigenvalue weighted by atomic mass is 9.91. The standard InChI is InChI=1S/C13H23NO3/c1-4-11-6-5-7-14(8-11)12(15)9(2)10(3)13(16)17/h9-11H,4-8H2,1-3H3,(H,16,17). The number of carboxylic acid groups (broad SMARTS) is 1. The lowest BCUT2D eigenvalue weighted by Crippen LogP contribution is -2.44. The molecule has 1 N–H and O–H groups in total. The van der Waals surface area contributed by atoms with Crippen molar-refractivity contribution in [2.75, 3.05) is 13.1 Å². The van der Waals surface area contributed by atoms with E-state index in [1.165, 1.54) is 6.42 Å². The van der Waals surface area contributed by atoms with E-state index >= 15 is 0 Å². The van der Waals surface area contributed by atoms with Crippen LogP contribution in [0.1, 0.15) is 40.0 Å². The number of amides is 1. The fourth-order valence-electron chi connectivity index (χ4n) is 2.31. The van der Waals surface area contributed by atoms with Crippen LogP contribution in [0.3, 0.4) is 0 Å². The molecule has 1 fully saturated rings. The summed E-state index contributed by atoms with van der Waals surface area (Å²) >= 11 is 0. The highest BCUT2D eigenvalue weighted by atomic mass is 16.4. The van der Waals surface area contributed by atoms with E-state index in [1.54, 1.807) is 13.8 Å². The smallest absolute Gasteiger partial charge is 0.307 e. The number of hydrogen-bond donors (Lipinski definition) is 1. The van der Waals surface area contributed by atoms with Crippen molar-refractivity contribution in [3.63, 3.8) is 0 Å². The molecule has 1 heterocycles. The fraction of sp³-hybridized carbons (Fsp3) is 0.846. The maximum atomic E-state index is 12.2. The third kappa shape index (κ3) is 3.45. The number of piperidine rings is 1. The van der Waals surface area contributed by atoms with E-state index in [0.717, 1.165) is 25.9 Å². The molecule has 17 heavy (non-hydrogen) atoms. The molecule has 4 heteroatoms. The first-order valence-electron chi connectivity index (χ1n) is 6.49. The molecule has 0 radical (unpaired) electrons. The number of rotatable bonds is 4. The predicted molar refractivity (Wildman–Crippen MR) is 65.6 cm³/mol. The van der Waals surface area contributed by atoms with Gasteiger partial charge < -0.3 is 10.0 Å². The lowest BCUT2D eigenvalue weighted by Gasteiger charge is -2.34. The Bertz CT molecular complexity index is 290. The molecule has 0 aliphatic carbocycles. The van der Waals surface area contributed by atoms with Crippen molar-refractivity contribution in [1.82, 2.24) is 4.90 Å². The zero-order valence-electron chi connectivity index (χ0n) is 11.0. The minimum absolute atomic E-state index is 0.00181. The van der Waals surface area contributed by atoms with Crippen molar-refractivity contribution in [2.24, 2.45) is 17.8 Å². The third-order valence-corrected chi connectivity index (χ3v) is 3.94. The van der Waals surface area contributed by atoms with Crippen molar-refractivity contribution < 1.29 is 14.7 Å². The first kappa shape index (κ1) is 14.0. The number of carbonyl (C=O) groups is 2. The molecule has 0 spiro atoms.